The number of amides is 1. The molecule has 23 heavy (non-hydrogen) atoms. The van der Waals surface area contributed by atoms with Crippen LogP contribution in [0.4, 0.5) is 0 Å². The highest BCUT2D eigenvalue weighted by molar-refractivity contribution is 7.14. The lowest BCUT2D eigenvalue weighted by atomic mass is 10.1. The predicted octanol–water partition coefficient (Wildman–Crippen LogP) is 3.78. The van der Waals surface area contributed by atoms with Gasteiger partial charge in [0.25, 0.3) is 5.91 Å². The van der Waals surface area contributed by atoms with Crippen molar-refractivity contribution in [1.82, 2.24) is 4.90 Å². The largest absolute Gasteiger partial charge is 0.462 e. The summed E-state index contributed by atoms with van der Waals surface area (Å²) in [6.07, 6.45) is 0.763. The first-order chi connectivity index (χ1) is 11.1. The number of carbonyl (C=O) groups is 2. The number of fused-ring (bicyclic) bond motifs is 1. The third-order valence-electron chi connectivity index (χ3n) is 3.72. The van der Waals surface area contributed by atoms with Gasteiger partial charge in [-0.15, -0.1) is 11.3 Å². The molecule has 1 aliphatic heterocycles. The molecule has 0 bridgehead atoms. The first kappa shape index (κ1) is 16.0. The highest BCUT2D eigenvalue weighted by atomic mass is 35.5. The van der Waals surface area contributed by atoms with Gasteiger partial charge in [-0.1, -0.05) is 11.6 Å². The molecule has 0 saturated heterocycles. The van der Waals surface area contributed by atoms with E-state index in [-0.39, 0.29) is 11.9 Å². The summed E-state index contributed by atoms with van der Waals surface area (Å²) in [5.74, 6) is -0.307. The fourth-order valence-corrected chi connectivity index (χ4v) is 3.77. The summed E-state index contributed by atoms with van der Waals surface area (Å²) in [7, 11) is 0. The van der Waals surface area contributed by atoms with Crippen molar-refractivity contribution in [2.45, 2.75) is 19.9 Å². The van der Waals surface area contributed by atoms with Crippen LogP contribution < -0.4 is 0 Å². The lowest BCUT2D eigenvalue weighted by molar-refractivity contribution is 0.0532. The number of nitrogens with zero attached hydrogens (tertiary/aromatic N) is 1. The molecular formula is C17H16ClNO3S. The summed E-state index contributed by atoms with van der Waals surface area (Å²) in [6, 6.07) is 8.75. The maximum Gasteiger partial charge on any atom is 0.348 e. The molecule has 6 heteroatoms. The number of halogens is 1. The predicted molar refractivity (Wildman–Crippen MR) is 90.2 cm³/mol. The van der Waals surface area contributed by atoms with Gasteiger partial charge in [0.2, 0.25) is 0 Å². The number of ether oxygens (including phenoxy) is 1. The third kappa shape index (κ3) is 3.41. The van der Waals surface area contributed by atoms with Crippen molar-refractivity contribution in [3.63, 3.8) is 0 Å². The van der Waals surface area contributed by atoms with Crippen LogP contribution >= 0.6 is 22.9 Å². The van der Waals surface area contributed by atoms with Crippen molar-refractivity contribution in [3.8, 4) is 0 Å². The second-order valence-corrected chi connectivity index (χ2v) is 6.84. The van der Waals surface area contributed by atoms with E-state index in [9.17, 15) is 9.59 Å². The van der Waals surface area contributed by atoms with Gasteiger partial charge in [0.1, 0.15) is 4.88 Å². The molecule has 2 aromatic rings. The van der Waals surface area contributed by atoms with Gasteiger partial charge in [0.15, 0.2) is 0 Å². The van der Waals surface area contributed by atoms with Crippen molar-refractivity contribution < 1.29 is 14.3 Å². The van der Waals surface area contributed by atoms with Crippen LogP contribution in [0.1, 0.15) is 37.4 Å². The van der Waals surface area contributed by atoms with E-state index in [0.29, 0.717) is 35.2 Å². The number of rotatable bonds is 3. The number of carbonyl (C=O) groups excluding carboxylic acids is 2. The molecule has 1 aromatic heterocycles. The van der Waals surface area contributed by atoms with Gasteiger partial charge in [-0.2, -0.15) is 0 Å². The molecule has 2 heterocycles. The third-order valence-corrected chi connectivity index (χ3v) is 5.19. The van der Waals surface area contributed by atoms with Crippen molar-refractivity contribution in [1.29, 1.82) is 0 Å². The quantitative estimate of drug-likeness (QED) is 0.792. The molecule has 0 unspecified atom stereocenters. The van der Waals surface area contributed by atoms with Gasteiger partial charge < -0.3 is 9.64 Å². The van der Waals surface area contributed by atoms with E-state index in [1.165, 1.54) is 11.3 Å². The number of esters is 1. The van der Waals surface area contributed by atoms with E-state index in [1.54, 1.807) is 36.1 Å². The molecule has 1 aromatic carbocycles. The van der Waals surface area contributed by atoms with Gasteiger partial charge >= 0.3 is 5.97 Å². The minimum Gasteiger partial charge on any atom is -0.462 e. The van der Waals surface area contributed by atoms with Gasteiger partial charge in [-0.25, -0.2) is 4.79 Å². The molecule has 3 rings (SSSR count). The molecule has 0 saturated carbocycles. The van der Waals surface area contributed by atoms with Gasteiger partial charge in [0.05, 0.1) is 6.61 Å². The van der Waals surface area contributed by atoms with Crippen molar-refractivity contribution in [2.24, 2.45) is 0 Å². The molecule has 0 N–H and O–H groups in total. The van der Waals surface area contributed by atoms with E-state index >= 15 is 0 Å². The SMILES string of the molecule is CCOC(=O)c1cc2c(s1)CCN(C(=O)c1ccc(Cl)cc1)C2. The molecule has 1 amide bonds. The van der Waals surface area contributed by atoms with E-state index in [1.807, 2.05) is 6.07 Å². The Morgan fingerprint density at radius 2 is 2.04 bits per heavy atom. The standard InChI is InChI=1S/C17H16ClNO3S/c1-2-22-17(21)15-9-12-10-19(8-7-14(12)23-15)16(20)11-3-5-13(18)6-4-11/h3-6,9H,2,7-8,10H2,1H3. The van der Waals surface area contributed by atoms with Crippen LogP contribution in [-0.2, 0) is 17.7 Å². The topological polar surface area (TPSA) is 46.6 Å². The number of benzene rings is 1. The average molecular weight is 350 g/mol. The van der Waals surface area contributed by atoms with Crippen molar-refractivity contribution in [2.75, 3.05) is 13.2 Å². The number of hydrogen-bond acceptors (Lipinski definition) is 4. The summed E-state index contributed by atoms with van der Waals surface area (Å²) in [5, 5.41) is 0.611. The Labute approximate surface area is 143 Å². The normalized spacial score (nSPS) is 13.6. The summed E-state index contributed by atoms with van der Waals surface area (Å²) in [4.78, 5) is 28.0. The zero-order chi connectivity index (χ0) is 16.4. The average Bonchev–Trinajstić information content (AvgIpc) is 2.98. The molecule has 120 valence electrons. The highest BCUT2D eigenvalue weighted by Gasteiger charge is 2.25. The monoisotopic (exact) mass is 349 g/mol. The van der Waals surface area contributed by atoms with Crippen molar-refractivity contribution >= 4 is 34.8 Å². The lowest BCUT2D eigenvalue weighted by Gasteiger charge is -2.27. The molecule has 4 nitrogen and oxygen atoms in total. The Morgan fingerprint density at radius 1 is 1.30 bits per heavy atom. The maximum atomic E-state index is 12.6. The molecular weight excluding hydrogens is 334 g/mol. The van der Waals surface area contributed by atoms with E-state index in [0.717, 1.165) is 16.9 Å². The summed E-state index contributed by atoms with van der Waals surface area (Å²) >= 11 is 7.32. The second kappa shape index (κ2) is 6.72. The van der Waals surface area contributed by atoms with Crippen LogP contribution in [0, 0.1) is 0 Å². The van der Waals surface area contributed by atoms with Crippen LogP contribution in [-0.4, -0.2) is 29.9 Å². The number of hydrogen-bond donors (Lipinski definition) is 0. The van der Waals surface area contributed by atoms with Gasteiger partial charge in [0, 0.05) is 28.6 Å². The van der Waals surface area contributed by atoms with E-state index in [2.05, 4.69) is 0 Å². The molecule has 0 atom stereocenters. The Morgan fingerprint density at radius 3 is 2.74 bits per heavy atom. The Balaban J connectivity index is 1.76. The fourth-order valence-electron chi connectivity index (χ4n) is 2.58. The van der Waals surface area contributed by atoms with Crippen LogP contribution in [0.25, 0.3) is 0 Å². The first-order valence-corrected chi connectivity index (χ1v) is 8.61. The first-order valence-electron chi connectivity index (χ1n) is 7.42. The van der Waals surface area contributed by atoms with Crippen LogP contribution in [0.5, 0.6) is 0 Å². The minimum absolute atomic E-state index is 0.0174. The Hall–Kier alpha value is -1.85. The highest BCUT2D eigenvalue weighted by Crippen LogP contribution is 2.29. The van der Waals surface area contributed by atoms with Crippen LogP contribution in [0.3, 0.4) is 0 Å². The Kier molecular flexibility index (Phi) is 4.68. The summed E-state index contributed by atoms with van der Waals surface area (Å²) < 4.78 is 5.04. The maximum absolute atomic E-state index is 12.6. The molecule has 0 spiro atoms. The zero-order valence-corrected chi connectivity index (χ0v) is 14.2. The fraction of sp³-hybridized carbons (Fsp3) is 0.294. The van der Waals surface area contributed by atoms with Gasteiger partial charge in [-0.05, 0) is 49.2 Å². The zero-order valence-electron chi connectivity index (χ0n) is 12.7. The van der Waals surface area contributed by atoms with E-state index < -0.39 is 0 Å². The van der Waals surface area contributed by atoms with Crippen LogP contribution in [0.15, 0.2) is 30.3 Å². The van der Waals surface area contributed by atoms with Crippen LogP contribution in [0.2, 0.25) is 5.02 Å². The minimum atomic E-state index is -0.289. The lowest BCUT2D eigenvalue weighted by Crippen LogP contribution is -2.35. The summed E-state index contributed by atoms with van der Waals surface area (Å²) in [5.41, 5.74) is 1.66. The summed E-state index contributed by atoms with van der Waals surface area (Å²) in [6.45, 7) is 3.32. The molecule has 0 radical (unpaired) electrons. The number of thiophene rings is 1. The smallest absolute Gasteiger partial charge is 0.348 e. The Bertz CT molecular complexity index is 739. The molecule has 0 aliphatic carbocycles. The van der Waals surface area contributed by atoms with E-state index in [4.69, 9.17) is 16.3 Å². The second-order valence-electron chi connectivity index (χ2n) is 5.26. The van der Waals surface area contributed by atoms with Gasteiger partial charge in [-0.3, -0.25) is 4.79 Å². The molecule has 1 aliphatic rings. The van der Waals surface area contributed by atoms with Crippen molar-refractivity contribution in [3.05, 3.63) is 56.2 Å². The molecule has 0 fully saturated rings.